The number of amides is 1. The molecule has 0 bridgehead atoms. The van der Waals surface area contributed by atoms with Crippen molar-refractivity contribution in [2.45, 2.75) is 76.9 Å². The Hall–Kier alpha value is -1.36. The van der Waals surface area contributed by atoms with Crippen molar-refractivity contribution in [3.8, 4) is 0 Å². The van der Waals surface area contributed by atoms with Crippen molar-refractivity contribution >= 4 is 5.91 Å². The van der Waals surface area contributed by atoms with Crippen LogP contribution in [0.3, 0.4) is 0 Å². The van der Waals surface area contributed by atoms with E-state index < -0.39 is 5.54 Å². The van der Waals surface area contributed by atoms with Gasteiger partial charge in [-0.25, -0.2) is 4.98 Å². The number of nitrogens with one attached hydrogen (secondary N) is 1. The predicted molar refractivity (Wildman–Crippen MR) is 83.9 cm³/mol. The lowest BCUT2D eigenvalue weighted by molar-refractivity contribution is -0.126. The Kier molecular flexibility index (Phi) is 5.04. The summed E-state index contributed by atoms with van der Waals surface area (Å²) in [6, 6.07) is 0.552. The number of aromatic nitrogens is 2. The zero-order chi connectivity index (χ0) is 15.5. The fourth-order valence-electron chi connectivity index (χ4n) is 3.56. The molecule has 118 valence electrons. The van der Waals surface area contributed by atoms with Crippen LogP contribution in [0.5, 0.6) is 0 Å². The number of hydrogen-bond donors (Lipinski definition) is 2. The van der Waals surface area contributed by atoms with Crippen LogP contribution in [0.1, 0.15) is 64.7 Å². The van der Waals surface area contributed by atoms with Gasteiger partial charge in [-0.2, -0.15) is 0 Å². The normalized spacial score (nSPS) is 26.2. The molecule has 3 N–H and O–H groups in total. The predicted octanol–water partition coefficient (Wildman–Crippen LogP) is 2.17. The number of aryl methyl sites for hydroxylation is 1. The standard InChI is InChI=1S/C16H28N4O/c1-4-6-14-18-9-10-20(14)13-7-5-8-16(11-13,15(17)21)19-12(2)3/h9-10,12-13,19H,4-8,11H2,1-3H3,(H2,17,21). The van der Waals surface area contributed by atoms with Gasteiger partial charge in [-0.05, 0) is 46.0 Å². The Balaban J connectivity index is 2.22. The third-order valence-electron chi connectivity index (χ3n) is 4.38. The van der Waals surface area contributed by atoms with E-state index >= 15 is 0 Å². The van der Waals surface area contributed by atoms with Crippen LogP contribution in [0.25, 0.3) is 0 Å². The molecule has 0 spiro atoms. The van der Waals surface area contributed by atoms with E-state index in [4.69, 9.17) is 5.73 Å². The quantitative estimate of drug-likeness (QED) is 0.844. The van der Waals surface area contributed by atoms with Gasteiger partial charge in [0.1, 0.15) is 5.82 Å². The highest BCUT2D eigenvalue weighted by Crippen LogP contribution is 2.36. The van der Waals surface area contributed by atoms with Gasteiger partial charge in [-0.3, -0.25) is 4.79 Å². The Morgan fingerprint density at radius 1 is 1.62 bits per heavy atom. The monoisotopic (exact) mass is 292 g/mol. The molecule has 2 unspecified atom stereocenters. The summed E-state index contributed by atoms with van der Waals surface area (Å²) in [5.74, 6) is 0.894. The van der Waals surface area contributed by atoms with Crippen molar-refractivity contribution in [1.82, 2.24) is 14.9 Å². The van der Waals surface area contributed by atoms with Gasteiger partial charge in [-0.15, -0.1) is 0 Å². The van der Waals surface area contributed by atoms with Crippen LogP contribution in [0, 0.1) is 0 Å². The summed E-state index contributed by atoms with van der Waals surface area (Å²) in [7, 11) is 0. The topological polar surface area (TPSA) is 72.9 Å². The molecule has 0 aliphatic heterocycles. The van der Waals surface area contributed by atoms with Crippen LogP contribution < -0.4 is 11.1 Å². The third-order valence-corrected chi connectivity index (χ3v) is 4.38. The first kappa shape index (κ1) is 16.0. The molecule has 5 nitrogen and oxygen atoms in total. The fraction of sp³-hybridized carbons (Fsp3) is 0.750. The van der Waals surface area contributed by atoms with Crippen LogP contribution in [0.4, 0.5) is 0 Å². The number of primary amides is 1. The van der Waals surface area contributed by atoms with Gasteiger partial charge in [0.2, 0.25) is 5.91 Å². The van der Waals surface area contributed by atoms with Crippen LogP contribution in [0.15, 0.2) is 12.4 Å². The van der Waals surface area contributed by atoms with Gasteiger partial charge < -0.3 is 15.6 Å². The van der Waals surface area contributed by atoms with E-state index in [-0.39, 0.29) is 11.9 Å². The number of rotatable bonds is 6. The molecule has 1 aromatic rings. The molecule has 5 heteroatoms. The van der Waals surface area contributed by atoms with Crippen LogP contribution in [0.2, 0.25) is 0 Å². The molecular weight excluding hydrogens is 264 g/mol. The van der Waals surface area contributed by atoms with Crippen molar-refractivity contribution in [2.75, 3.05) is 0 Å². The van der Waals surface area contributed by atoms with Crippen molar-refractivity contribution in [3.05, 3.63) is 18.2 Å². The number of nitrogens with zero attached hydrogens (tertiary/aromatic N) is 2. The summed E-state index contributed by atoms with van der Waals surface area (Å²) >= 11 is 0. The second-order valence-electron chi connectivity index (χ2n) is 6.50. The molecule has 0 saturated heterocycles. The fourth-order valence-corrected chi connectivity index (χ4v) is 3.56. The Morgan fingerprint density at radius 2 is 2.38 bits per heavy atom. The number of carbonyl (C=O) groups excluding carboxylic acids is 1. The molecule has 1 aromatic heterocycles. The lowest BCUT2D eigenvalue weighted by atomic mass is 9.77. The minimum atomic E-state index is -0.579. The van der Waals surface area contributed by atoms with Crippen molar-refractivity contribution < 1.29 is 4.79 Å². The molecular formula is C16H28N4O. The van der Waals surface area contributed by atoms with Crippen molar-refractivity contribution in [1.29, 1.82) is 0 Å². The van der Waals surface area contributed by atoms with Gasteiger partial charge in [0, 0.05) is 30.9 Å². The van der Waals surface area contributed by atoms with Crippen LogP contribution in [-0.2, 0) is 11.2 Å². The third kappa shape index (κ3) is 3.46. The first-order chi connectivity index (χ1) is 9.98. The number of hydrogen-bond acceptors (Lipinski definition) is 3. The highest BCUT2D eigenvalue weighted by atomic mass is 16.1. The van der Waals surface area contributed by atoms with E-state index in [1.54, 1.807) is 0 Å². The second-order valence-corrected chi connectivity index (χ2v) is 6.50. The van der Waals surface area contributed by atoms with E-state index in [1.165, 1.54) is 0 Å². The van der Waals surface area contributed by atoms with E-state index in [0.717, 1.165) is 44.3 Å². The Bertz CT molecular complexity index is 482. The largest absolute Gasteiger partial charge is 0.368 e. The lowest BCUT2D eigenvalue weighted by Gasteiger charge is -2.41. The molecule has 0 radical (unpaired) electrons. The van der Waals surface area contributed by atoms with Gasteiger partial charge >= 0.3 is 0 Å². The summed E-state index contributed by atoms with van der Waals surface area (Å²) < 4.78 is 2.25. The summed E-state index contributed by atoms with van der Waals surface area (Å²) in [6.07, 6.45) is 9.64. The van der Waals surface area contributed by atoms with E-state index in [2.05, 4.69) is 35.6 Å². The first-order valence-corrected chi connectivity index (χ1v) is 8.08. The summed E-state index contributed by atoms with van der Waals surface area (Å²) in [5, 5.41) is 3.43. The molecule has 2 atom stereocenters. The number of nitrogens with two attached hydrogens (primary N) is 1. The zero-order valence-corrected chi connectivity index (χ0v) is 13.4. The molecule has 1 amide bonds. The first-order valence-electron chi connectivity index (χ1n) is 8.08. The Morgan fingerprint density at radius 3 is 3.00 bits per heavy atom. The maximum absolute atomic E-state index is 12.1. The molecule has 1 aliphatic rings. The van der Waals surface area contributed by atoms with E-state index in [9.17, 15) is 4.79 Å². The minimum Gasteiger partial charge on any atom is -0.368 e. The van der Waals surface area contributed by atoms with E-state index in [1.807, 2.05) is 12.4 Å². The highest BCUT2D eigenvalue weighted by molar-refractivity contribution is 5.84. The summed E-state index contributed by atoms with van der Waals surface area (Å²) in [4.78, 5) is 16.5. The van der Waals surface area contributed by atoms with Gasteiger partial charge in [-0.1, -0.05) is 6.92 Å². The molecule has 1 saturated carbocycles. The number of carbonyl (C=O) groups is 1. The van der Waals surface area contributed by atoms with Crippen LogP contribution >= 0.6 is 0 Å². The lowest BCUT2D eigenvalue weighted by Crippen LogP contribution is -2.59. The van der Waals surface area contributed by atoms with E-state index in [0.29, 0.717) is 6.04 Å². The average Bonchev–Trinajstić information content (AvgIpc) is 2.87. The molecule has 1 aliphatic carbocycles. The SMILES string of the molecule is CCCc1nccn1C1CCCC(NC(C)C)(C(N)=O)C1. The molecule has 0 aromatic carbocycles. The maximum Gasteiger partial charge on any atom is 0.237 e. The summed E-state index contributed by atoms with van der Waals surface area (Å²) in [5.41, 5.74) is 5.16. The second kappa shape index (κ2) is 6.60. The average molecular weight is 292 g/mol. The van der Waals surface area contributed by atoms with Crippen molar-refractivity contribution in [3.63, 3.8) is 0 Å². The zero-order valence-electron chi connectivity index (χ0n) is 13.4. The maximum atomic E-state index is 12.1. The van der Waals surface area contributed by atoms with Crippen LogP contribution in [-0.4, -0.2) is 27.0 Å². The minimum absolute atomic E-state index is 0.224. The Labute approximate surface area is 127 Å². The molecule has 21 heavy (non-hydrogen) atoms. The summed E-state index contributed by atoms with van der Waals surface area (Å²) in [6.45, 7) is 6.29. The van der Waals surface area contributed by atoms with Crippen molar-refractivity contribution in [2.24, 2.45) is 5.73 Å². The molecule has 2 rings (SSSR count). The van der Waals surface area contributed by atoms with Gasteiger partial charge in [0.05, 0.1) is 5.54 Å². The number of imidazole rings is 1. The smallest absolute Gasteiger partial charge is 0.237 e. The van der Waals surface area contributed by atoms with Gasteiger partial charge in [0.25, 0.3) is 0 Å². The molecule has 1 heterocycles. The van der Waals surface area contributed by atoms with Gasteiger partial charge in [0.15, 0.2) is 0 Å². The molecule has 1 fully saturated rings. The highest BCUT2D eigenvalue weighted by Gasteiger charge is 2.42.